The molecule has 0 N–H and O–H groups in total. The Bertz CT molecular complexity index is 693. The fourth-order valence-electron chi connectivity index (χ4n) is 3.32. The third-order valence-electron chi connectivity index (χ3n) is 4.74. The van der Waals surface area contributed by atoms with Crippen LogP contribution in [0.5, 0.6) is 5.75 Å². The van der Waals surface area contributed by atoms with Crippen LogP contribution in [0.15, 0.2) is 24.3 Å². The normalized spacial score (nSPS) is 20.9. The molecule has 0 aliphatic carbocycles. The molecule has 2 fully saturated rings. The minimum Gasteiger partial charge on any atom is -0.497 e. The van der Waals surface area contributed by atoms with Crippen LogP contribution < -0.4 is 9.64 Å². The standard InChI is InChI=1S/C20H29N3O5/c1-20(2,3)28-18(24)22-11-9-21(10-12-22)13-17-14-23(19(25)27-17)15-5-7-16(26-4)8-6-15/h5-8,17H,9-14H2,1-4H3/t17-/m1/s1. The number of carbonyl (C=O) groups excluding carboxylic acids is 2. The number of ether oxygens (including phenoxy) is 3. The average molecular weight is 391 g/mol. The quantitative estimate of drug-likeness (QED) is 0.786. The number of anilines is 1. The van der Waals surface area contributed by atoms with Crippen molar-refractivity contribution in [3.05, 3.63) is 24.3 Å². The summed E-state index contributed by atoms with van der Waals surface area (Å²) in [4.78, 5) is 30.0. The average Bonchev–Trinajstić information content (AvgIpc) is 3.01. The largest absolute Gasteiger partial charge is 0.497 e. The van der Waals surface area contributed by atoms with Crippen LogP contribution in [-0.2, 0) is 9.47 Å². The smallest absolute Gasteiger partial charge is 0.414 e. The molecular weight excluding hydrogens is 362 g/mol. The summed E-state index contributed by atoms with van der Waals surface area (Å²) in [7, 11) is 1.61. The van der Waals surface area contributed by atoms with E-state index in [1.165, 1.54) is 0 Å². The molecule has 2 aliphatic heterocycles. The molecule has 2 aliphatic rings. The van der Waals surface area contributed by atoms with Gasteiger partial charge in [-0.15, -0.1) is 0 Å². The molecule has 154 valence electrons. The maximum Gasteiger partial charge on any atom is 0.414 e. The first-order valence-electron chi connectivity index (χ1n) is 9.57. The van der Waals surface area contributed by atoms with Crippen LogP contribution in [0.2, 0.25) is 0 Å². The molecular formula is C20H29N3O5. The van der Waals surface area contributed by atoms with Gasteiger partial charge in [-0.05, 0) is 45.0 Å². The first-order valence-corrected chi connectivity index (χ1v) is 9.57. The highest BCUT2D eigenvalue weighted by Gasteiger charge is 2.34. The molecule has 1 aromatic carbocycles. The van der Waals surface area contributed by atoms with Crippen molar-refractivity contribution in [3.8, 4) is 5.75 Å². The van der Waals surface area contributed by atoms with Gasteiger partial charge in [0.15, 0.2) is 0 Å². The summed E-state index contributed by atoms with van der Waals surface area (Å²) >= 11 is 0. The van der Waals surface area contributed by atoms with E-state index in [-0.39, 0.29) is 18.3 Å². The number of hydrogen-bond donors (Lipinski definition) is 0. The summed E-state index contributed by atoms with van der Waals surface area (Å²) in [5.41, 5.74) is 0.306. The second kappa shape index (κ2) is 8.26. The van der Waals surface area contributed by atoms with E-state index >= 15 is 0 Å². The van der Waals surface area contributed by atoms with Gasteiger partial charge in [-0.3, -0.25) is 9.80 Å². The van der Waals surface area contributed by atoms with Crippen LogP contribution in [0, 0.1) is 0 Å². The summed E-state index contributed by atoms with van der Waals surface area (Å²) in [5.74, 6) is 0.746. The van der Waals surface area contributed by atoms with E-state index < -0.39 is 5.60 Å². The number of cyclic esters (lactones) is 1. The summed E-state index contributed by atoms with van der Waals surface area (Å²) in [6.45, 7) is 9.44. The number of carbonyl (C=O) groups is 2. The first kappa shape index (κ1) is 20.3. The van der Waals surface area contributed by atoms with E-state index in [2.05, 4.69) is 4.90 Å². The molecule has 0 bridgehead atoms. The van der Waals surface area contributed by atoms with Crippen molar-refractivity contribution in [3.63, 3.8) is 0 Å². The van der Waals surface area contributed by atoms with Crippen LogP contribution in [0.4, 0.5) is 15.3 Å². The summed E-state index contributed by atoms with van der Waals surface area (Å²) in [5, 5.41) is 0. The fraction of sp³-hybridized carbons (Fsp3) is 0.600. The van der Waals surface area contributed by atoms with E-state index in [1.54, 1.807) is 16.9 Å². The third kappa shape index (κ3) is 5.07. The second-order valence-electron chi connectivity index (χ2n) is 8.08. The highest BCUT2D eigenvalue weighted by Crippen LogP contribution is 2.24. The number of rotatable bonds is 4. The number of piperazine rings is 1. The molecule has 0 saturated carbocycles. The van der Waals surface area contributed by atoms with Crippen molar-refractivity contribution in [2.24, 2.45) is 0 Å². The molecule has 0 spiro atoms. The molecule has 0 radical (unpaired) electrons. The Morgan fingerprint density at radius 3 is 2.36 bits per heavy atom. The minimum atomic E-state index is -0.489. The lowest BCUT2D eigenvalue weighted by molar-refractivity contribution is 0.0113. The van der Waals surface area contributed by atoms with Gasteiger partial charge in [0, 0.05) is 38.4 Å². The van der Waals surface area contributed by atoms with Gasteiger partial charge in [-0.1, -0.05) is 0 Å². The van der Waals surface area contributed by atoms with Crippen LogP contribution in [-0.4, -0.2) is 80.1 Å². The number of amides is 2. The van der Waals surface area contributed by atoms with Crippen molar-refractivity contribution in [1.29, 1.82) is 0 Å². The molecule has 1 aromatic rings. The van der Waals surface area contributed by atoms with Gasteiger partial charge in [0.25, 0.3) is 0 Å². The van der Waals surface area contributed by atoms with E-state index in [1.807, 2.05) is 45.0 Å². The van der Waals surface area contributed by atoms with E-state index in [4.69, 9.17) is 14.2 Å². The van der Waals surface area contributed by atoms with E-state index in [9.17, 15) is 9.59 Å². The molecule has 8 heteroatoms. The van der Waals surface area contributed by atoms with Gasteiger partial charge in [-0.25, -0.2) is 9.59 Å². The number of benzene rings is 1. The molecule has 8 nitrogen and oxygen atoms in total. The van der Waals surface area contributed by atoms with Crippen molar-refractivity contribution >= 4 is 17.9 Å². The lowest BCUT2D eigenvalue weighted by Crippen LogP contribution is -2.51. The summed E-state index contributed by atoms with van der Waals surface area (Å²) in [6, 6.07) is 7.35. The predicted molar refractivity (Wildman–Crippen MR) is 105 cm³/mol. The summed E-state index contributed by atoms with van der Waals surface area (Å²) < 4.78 is 16.1. The highest BCUT2D eigenvalue weighted by molar-refractivity contribution is 5.89. The molecule has 2 saturated heterocycles. The Hall–Kier alpha value is -2.48. The van der Waals surface area contributed by atoms with Crippen molar-refractivity contribution in [1.82, 2.24) is 9.80 Å². The monoisotopic (exact) mass is 391 g/mol. The Morgan fingerprint density at radius 2 is 1.79 bits per heavy atom. The van der Waals surface area contributed by atoms with Gasteiger partial charge in [0.2, 0.25) is 0 Å². The van der Waals surface area contributed by atoms with Gasteiger partial charge in [-0.2, -0.15) is 0 Å². The van der Waals surface area contributed by atoms with Crippen LogP contribution in [0.25, 0.3) is 0 Å². The van der Waals surface area contributed by atoms with Crippen LogP contribution in [0.3, 0.4) is 0 Å². The zero-order chi connectivity index (χ0) is 20.3. The lowest BCUT2D eigenvalue weighted by atomic mass is 10.2. The molecule has 28 heavy (non-hydrogen) atoms. The molecule has 0 aromatic heterocycles. The Labute approximate surface area is 165 Å². The molecule has 1 atom stereocenters. The van der Waals surface area contributed by atoms with Crippen molar-refractivity contribution in [2.45, 2.75) is 32.5 Å². The van der Waals surface area contributed by atoms with Crippen LogP contribution >= 0.6 is 0 Å². The first-order chi connectivity index (χ1) is 13.2. The Balaban J connectivity index is 1.48. The third-order valence-corrected chi connectivity index (χ3v) is 4.74. The zero-order valence-electron chi connectivity index (χ0n) is 17.0. The van der Waals surface area contributed by atoms with Gasteiger partial charge >= 0.3 is 12.2 Å². The highest BCUT2D eigenvalue weighted by atomic mass is 16.6. The molecule has 3 rings (SSSR count). The van der Waals surface area contributed by atoms with Gasteiger partial charge in [0.05, 0.1) is 13.7 Å². The van der Waals surface area contributed by atoms with Crippen molar-refractivity contribution < 1.29 is 23.8 Å². The van der Waals surface area contributed by atoms with E-state index in [0.29, 0.717) is 26.2 Å². The van der Waals surface area contributed by atoms with Gasteiger partial charge in [0.1, 0.15) is 17.5 Å². The fourth-order valence-corrected chi connectivity index (χ4v) is 3.32. The zero-order valence-corrected chi connectivity index (χ0v) is 17.0. The number of hydrogen-bond acceptors (Lipinski definition) is 6. The molecule has 0 unspecified atom stereocenters. The summed E-state index contributed by atoms with van der Waals surface area (Å²) in [6.07, 6.45) is -0.796. The Morgan fingerprint density at radius 1 is 1.14 bits per heavy atom. The SMILES string of the molecule is COc1ccc(N2C[C@@H](CN3CCN(C(=O)OC(C)(C)C)CC3)OC2=O)cc1. The topological polar surface area (TPSA) is 71.6 Å². The predicted octanol–water partition coefficient (Wildman–Crippen LogP) is 2.57. The lowest BCUT2D eigenvalue weighted by Gasteiger charge is -2.36. The second-order valence-corrected chi connectivity index (χ2v) is 8.08. The molecule has 2 amide bonds. The van der Waals surface area contributed by atoms with E-state index in [0.717, 1.165) is 24.5 Å². The van der Waals surface area contributed by atoms with Crippen molar-refractivity contribution in [2.75, 3.05) is 51.3 Å². The number of methoxy groups -OCH3 is 1. The van der Waals surface area contributed by atoms with Crippen LogP contribution in [0.1, 0.15) is 20.8 Å². The van der Waals surface area contributed by atoms with Gasteiger partial charge < -0.3 is 19.1 Å². The maximum atomic E-state index is 12.2. The number of nitrogens with zero attached hydrogens (tertiary/aromatic N) is 3. The minimum absolute atomic E-state index is 0.192. The maximum absolute atomic E-state index is 12.2. The Kier molecular flexibility index (Phi) is 5.98. The molecule has 2 heterocycles.